The van der Waals surface area contributed by atoms with E-state index in [4.69, 9.17) is 5.73 Å². The van der Waals surface area contributed by atoms with Gasteiger partial charge in [0, 0.05) is 18.2 Å². The van der Waals surface area contributed by atoms with E-state index in [2.05, 4.69) is 0 Å². The molecule has 0 amide bonds. The molecule has 0 aliphatic heterocycles. The molecule has 0 radical (unpaired) electrons. The average molecular weight is 248 g/mol. The number of benzene rings is 1. The molecule has 1 aliphatic carbocycles. The van der Waals surface area contributed by atoms with E-state index in [-0.39, 0.29) is 16.7 Å². The van der Waals surface area contributed by atoms with Crippen LogP contribution < -0.4 is 5.73 Å². The molecule has 1 atom stereocenters. The van der Waals surface area contributed by atoms with Gasteiger partial charge in [-0.05, 0) is 37.2 Å². The number of nitrogens with two attached hydrogens (primary N) is 1. The first-order chi connectivity index (χ1) is 8.66. The van der Waals surface area contributed by atoms with Gasteiger partial charge in [-0.15, -0.1) is 0 Å². The maximum absolute atomic E-state index is 10.7. The van der Waals surface area contributed by atoms with E-state index in [0.717, 1.165) is 18.4 Å². The zero-order chi connectivity index (χ0) is 13.0. The molecule has 0 aromatic heterocycles. The van der Waals surface area contributed by atoms with Gasteiger partial charge >= 0.3 is 0 Å². The molecular weight excluding hydrogens is 228 g/mol. The zero-order valence-corrected chi connectivity index (χ0v) is 10.5. The Hall–Kier alpha value is -1.42. The van der Waals surface area contributed by atoms with Crippen LogP contribution in [0.3, 0.4) is 0 Å². The summed E-state index contributed by atoms with van der Waals surface area (Å²) in [5.41, 5.74) is 7.37. The van der Waals surface area contributed by atoms with E-state index >= 15 is 0 Å². The van der Waals surface area contributed by atoms with E-state index in [0.29, 0.717) is 5.92 Å². The van der Waals surface area contributed by atoms with Crippen LogP contribution in [0.1, 0.15) is 37.7 Å². The molecule has 4 heteroatoms. The van der Waals surface area contributed by atoms with Gasteiger partial charge in [-0.25, -0.2) is 0 Å². The van der Waals surface area contributed by atoms with Crippen molar-refractivity contribution in [2.45, 2.75) is 44.6 Å². The standard InChI is InChI=1S/C14H20N2O2/c15-14(12-5-1-2-6-12)9-8-11-4-3-7-13(10-11)16(17)18/h3-4,7,10,12,14H,1-2,5-6,8-9,15H2. The molecule has 1 aromatic carbocycles. The SMILES string of the molecule is NC(CCc1cccc([N+](=O)[O-])c1)C1CCCC1. The minimum atomic E-state index is -0.347. The number of hydrogen-bond donors (Lipinski definition) is 1. The molecule has 0 heterocycles. The molecule has 0 bridgehead atoms. The molecule has 0 saturated heterocycles. The smallest absolute Gasteiger partial charge is 0.269 e. The number of non-ortho nitro benzene ring substituents is 1. The van der Waals surface area contributed by atoms with Crippen molar-refractivity contribution in [1.29, 1.82) is 0 Å². The topological polar surface area (TPSA) is 69.2 Å². The Morgan fingerprint density at radius 1 is 1.39 bits per heavy atom. The van der Waals surface area contributed by atoms with Crippen molar-refractivity contribution < 1.29 is 4.92 Å². The number of rotatable bonds is 5. The van der Waals surface area contributed by atoms with E-state index in [1.807, 2.05) is 6.07 Å². The molecule has 1 aliphatic rings. The van der Waals surface area contributed by atoms with Gasteiger partial charge in [-0.1, -0.05) is 25.0 Å². The molecule has 2 N–H and O–H groups in total. The maximum atomic E-state index is 10.7. The highest BCUT2D eigenvalue weighted by Crippen LogP contribution is 2.28. The lowest BCUT2D eigenvalue weighted by atomic mass is 9.93. The van der Waals surface area contributed by atoms with E-state index in [1.165, 1.54) is 31.7 Å². The number of hydrogen-bond acceptors (Lipinski definition) is 3. The van der Waals surface area contributed by atoms with Crippen molar-refractivity contribution in [3.8, 4) is 0 Å². The van der Waals surface area contributed by atoms with Gasteiger partial charge in [0.15, 0.2) is 0 Å². The largest absolute Gasteiger partial charge is 0.327 e. The Labute approximate surface area is 107 Å². The quantitative estimate of drug-likeness (QED) is 0.643. The third-order valence-corrected chi connectivity index (χ3v) is 3.89. The van der Waals surface area contributed by atoms with Crippen molar-refractivity contribution in [3.63, 3.8) is 0 Å². The fourth-order valence-electron chi connectivity index (χ4n) is 2.78. The summed E-state index contributed by atoms with van der Waals surface area (Å²) in [5.74, 6) is 0.656. The van der Waals surface area contributed by atoms with Gasteiger partial charge in [0.05, 0.1) is 4.92 Å². The number of aryl methyl sites for hydroxylation is 1. The Balaban J connectivity index is 1.89. The molecule has 4 nitrogen and oxygen atoms in total. The van der Waals surface area contributed by atoms with Gasteiger partial charge in [-0.2, -0.15) is 0 Å². The molecule has 18 heavy (non-hydrogen) atoms. The Morgan fingerprint density at radius 3 is 2.78 bits per heavy atom. The van der Waals surface area contributed by atoms with Crippen molar-refractivity contribution >= 4 is 5.69 Å². The van der Waals surface area contributed by atoms with Crippen molar-refractivity contribution in [2.75, 3.05) is 0 Å². The summed E-state index contributed by atoms with van der Waals surface area (Å²) in [7, 11) is 0. The van der Waals surface area contributed by atoms with Crippen LogP contribution in [-0.2, 0) is 6.42 Å². The summed E-state index contributed by atoms with van der Waals surface area (Å²) in [6.45, 7) is 0. The minimum absolute atomic E-state index is 0.168. The van der Waals surface area contributed by atoms with Crippen LogP contribution in [-0.4, -0.2) is 11.0 Å². The summed E-state index contributed by atoms with van der Waals surface area (Å²) in [4.78, 5) is 10.3. The molecule has 1 fully saturated rings. The molecule has 1 aromatic rings. The lowest BCUT2D eigenvalue weighted by Crippen LogP contribution is -2.28. The molecule has 98 valence electrons. The Kier molecular flexibility index (Phi) is 4.31. The zero-order valence-electron chi connectivity index (χ0n) is 10.5. The third kappa shape index (κ3) is 3.29. The van der Waals surface area contributed by atoms with Crippen LogP contribution in [0.4, 0.5) is 5.69 Å². The van der Waals surface area contributed by atoms with Crippen LogP contribution in [0.2, 0.25) is 0 Å². The van der Waals surface area contributed by atoms with E-state index in [1.54, 1.807) is 12.1 Å². The molecular formula is C14H20N2O2. The van der Waals surface area contributed by atoms with Crippen molar-refractivity contribution in [1.82, 2.24) is 0 Å². The molecule has 2 rings (SSSR count). The molecule has 1 saturated carbocycles. The second-order valence-corrected chi connectivity index (χ2v) is 5.17. The number of nitro groups is 1. The highest BCUT2D eigenvalue weighted by atomic mass is 16.6. The number of nitrogens with zero attached hydrogens (tertiary/aromatic N) is 1. The lowest BCUT2D eigenvalue weighted by molar-refractivity contribution is -0.384. The second kappa shape index (κ2) is 5.96. The van der Waals surface area contributed by atoms with Crippen molar-refractivity contribution in [2.24, 2.45) is 11.7 Å². The van der Waals surface area contributed by atoms with E-state index < -0.39 is 0 Å². The number of nitro benzene ring substituents is 1. The van der Waals surface area contributed by atoms with Gasteiger partial charge in [-0.3, -0.25) is 10.1 Å². The minimum Gasteiger partial charge on any atom is -0.327 e. The Bertz CT molecular complexity index is 414. The van der Waals surface area contributed by atoms with Crippen LogP contribution in [0.5, 0.6) is 0 Å². The fourth-order valence-corrected chi connectivity index (χ4v) is 2.78. The molecule has 0 spiro atoms. The predicted octanol–water partition coefficient (Wildman–Crippen LogP) is 3.04. The van der Waals surface area contributed by atoms with Crippen molar-refractivity contribution in [3.05, 3.63) is 39.9 Å². The van der Waals surface area contributed by atoms with Crippen LogP contribution >= 0.6 is 0 Å². The molecule has 1 unspecified atom stereocenters. The summed E-state index contributed by atoms with van der Waals surface area (Å²) in [5, 5.41) is 10.7. The second-order valence-electron chi connectivity index (χ2n) is 5.17. The summed E-state index contributed by atoms with van der Waals surface area (Å²) in [6, 6.07) is 7.11. The van der Waals surface area contributed by atoms with Crippen LogP contribution in [0.15, 0.2) is 24.3 Å². The first-order valence-electron chi connectivity index (χ1n) is 6.66. The first-order valence-corrected chi connectivity index (χ1v) is 6.66. The predicted molar refractivity (Wildman–Crippen MR) is 71.4 cm³/mol. The summed E-state index contributed by atoms with van der Waals surface area (Å²) < 4.78 is 0. The third-order valence-electron chi connectivity index (χ3n) is 3.89. The van der Waals surface area contributed by atoms with Crippen LogP contribution in [0, 0.1) is 16.0 Å². The van der Waals surface area contributed by atoms with Gasteiger partial charge in [0.2, 0.25) is 0 Å². The van der Waals surface area contributed by atoms with E-state index in [9.17, 15) is 10.1 Å². The fraction of sp³-hybridized carbons (Fsp3) is 0.571. The van der Waals surface area contributed by atoms with Crippen LogP contribution in [0.25, 0.3) is 0 Å². The van der Waals surface area contributed by atoms with Gasteiger partial charge in [0.25, 0.3) is 5.69 Å². The van der Waals surface area contributed by atoms with Gasteiger partial charge < -0.3 is 5.73 Å². The Morgan fingerprint density at radius 2 is 2.11 bits per heavy atom. The average Bonchev–Trinajstić information content (AvgIpc) is 2.90. The van der Waals surface area contributed by atoms with Gasteiger partial charge in [0.1, 0.15) is 0 Å². The normalized spacial score (nSPS) is 17.8. The first kappa shape index (κ1) is 13.0. The monoisotopic (exact) mass is 248 g/mol. The highest BCUT2D eigenvalue weighted by Gasteiger charge is 2.21. The summed E-state index contributed by atoms with van der Waals surface area (Å²) in [6.07, 6.45) is 6.85. The highest BCUT2D eigenvalue weighted by molar-refractivity contribution is 5.34. The summed E-state index contributed by atoms with van der Waals surface area (Å²) >= 11 is 0. The maximum Gasteiger partial charge on any atom is 0.269 e. The lowest BCUT2D eigenvalue weighted by Gasteiger charge is -2.18.